The maximum atomic E-state index is 12.9. The number of nitrogens with zero attached hydrogens (tertiary/aromatic N) is 1. The summed E-state index contributed by atoms with van der Waals surface area (Å²) in [6, 6.07) is 17.6. The molecule has 0 fully saturated rings. The number of benzene rings is 2. The molecule has 1 heterocycles. The van der Waals surface area contributed by atoms with Crippen LogP contribution in [-0.2, 0) is 0 Å². The van der Waals surface area contributed by atoms with Crippen LogP contribution in [0.2, 0.25) is 0 Å². The maximum absolute atomic E-state index is 12.9. The number of hydrogen-bond donors (Lipinski definition) is 1. The normalized spacial score (nSPS) is 10.8. The Morgan fingerprint density at radius 1 is 1.03 bits per heavy atom. The molecule has 1 aromatic heterocycles. The van der Waals surface area contributed by atoms with Crippen molar-refractivity contribution >= 4 is 5.91 Å². The van der Waals surface area contributed by atoms with Crippen molar-refractivity contribution in [3.63, 3.8) is 0 Å². The van der Waals surface area contributed by atoms with Crippen molar-refractivity contribution < 1.29 is 14.3 Å². The van der Waals surface area contributed by atoms with Crippen LogP contribution in [0.1, 0.15) is 29.9 Å². The summed E-state index contributed by atoms with van der Waals surface area (Å²) in [5.41, 5.74) is 4.25. The van der Waals surface area contributed by atoms with E-state index in [-0.39, 0.29) is 5.91 Å². The van der Waals surface area contributed by atoms with Crippen molar-refractivity contribution in [3.8, 4) is 28.4 Å². The first-order valence-corrected chi connectivity index (χ1v) is 9.74. The number of ether oxygens (including phenoxy) is 2. The molecular formula is C24H28N2O3. The lowest BCUT2D eigenvalue weighted by Gasteiger charge is -2.17. The molecule has 29 heavy (non-hydrogen) atoms. The predicted octanol–water partition coefficient (Wildman–Crippen LogP) is 4.86. The fourth-order valence-corrected chi connectivity index (χ4v) is 3.33. The second kappa shape index (κ2) is 8.86. The fourth-order valence-electron chi connectivity index (χ4n) is 3.33. The molecule has 5 nitrogen and oxygen atoms in total. The standard InChI is InChI=1S/C24H28N2O3/c1-16(2)15-25-24(27)20-14-21(18-9-7-6-8-10-18)26(17(20)3)22-13-19(28-4)11-12-23(22)29-5/h6-14,16H,15H2,1-5H3,(H,25,27). The zero-order valence-electron chi connectivity index (χ0n) is 17.7. The minimum atomic E-state index is -0.0750. The van der Waals surface area contributed by atoms with Crippen LogP contribution in [0.3, 0.4) is 0 Å². The molecule has 5 heteroatoms. The summed E-state index contributed by atoms with van der Waals surface area (Å²) < 4.78 is 13.1. The van der Waals surface area contributed by atoms with Gasteiger partial charge in [0.2, 0.25) is 0 Å². The lowest BCUT2D eigenvalue weighted by molar-refractivity contribution is 0.0948. The number of aromatic nitrogens is 1. The maximum Gasteiger partial charge on any atom is 0.253 e. The summed E-state index contributed by atoms with van der Waals surface area (Å²) in [6.45, 7) is 6.74. The lowest BCUT2D eigenvalue weighted by Crippen LogP contribution is -2.27. The van der Waals surface area contributed by atoms with Gasteiger partial charge < -0.3 is 19.4 Å². The minimum Gasteiger partial charge on any atom is -0.497 e. The molecule has 2 aromatic carbocycles. The number of nitrogens with one attached hydrogen (secondary N) is 1. The van der Waals surface area contributed by atoms with E-state index >= 15 is 0 Å². The molecule has 0 atom stereocenters. The van der Waals surface area contributed by atoms with Crippen LogP contribution in [0.15, 0.2) is 54.6 Å². The van der Waals surface area contributed by atoms with Crippen molar-refractivity contribution in [1.82, 2.24) is 9.88 Å². The number of rotatable bonds is 7. The number of carbonyl (C=O) groups excluding carboxylic acids is 1. The van der Waals surface area contributed by atoms with Crippen LogP contribution >= 0.6 is 0 Å². The van der Waals surface area contributed by atoms with E-state index in [0.29, 0.717) is 23.8 Å². The number of amides is 1. The molecule has 0 saturated carbocycles. The monoisotopic (exact) mass is 392 g/mol. The Morgan fingerprint density at radius 2 is 1.76 bits per heavy atom. The Morgan fingerprint density at radius 3 is 2.38 bits per heavy atom. The SMILES string of the molecule is COc1ccc(OC)c(-n2c(-c3ccccc3)cc(C(=O)NCC(C)C)c2C)c1. The van der Waals surface area contributed by atoms with Gasteiger partial charge in [0.25, 0.3) is 5.91 Å². The van der Waals surface area contributed by atoms with Crippen molar-refractivity contribution in [2.24, 2.45) is 5.92 Å². The van der Waals surface area contributed by atoms with Crippen LogP contribution in [-0.4, -0.2) is 31.2 Å². The van der Waals surface area contributed by atoms with Gasteiger partial charge in [-0.05, 0) is 36.6 Å². The van der Waals surface area contributed by atoms with E-state index in [1.54, 1.807) is 14.2 Å². The zero-order chi connectivity index (χ0) is 21.0. The molecular weight excluding hydrogens is 364 g/mol. The molecule has 3 rings (SSSR count). The summed E-state index contributed by atoms with van der Waals surface area (Å²) in [6.07, 6.45) is 0. The Balaban J connectivity index is 2.21. The van der Waals surface area contributed by atoms with E-state index in [0.717, 1.165) is 28.4 Å². The number of methoxy groups -OCH3 is 2. The van der Waals surface area contributed by atoms with Gasteiger partial charge in [-0.2, -0.15) is 0 Å². The van der Waals surface area contributed by atoms with Gasteiger partial charge in [0, 0.05) is 18.3 Å². The molecule has 152 valence electrons. The molecule has 0 aliphatic carbocycles. The summed E-state index contributed by atoms with van der Waals surface area (Å²) >= 11 is 0. The third-order valence-corrected chi connectivity index (χ3v) is 4.86. The smallest absolute Gasteiger partial charge is 0.253 e. The average molecular weight is 392 g/mol. The van der Waals surface area contributed by atoms with Gasteiger partial charge in [0.1, 0.15) is 11.5 Å². The highest BCUT2D eigenvalue weighted by atomic mass is 16.5. The molecule has 0 aliphatic rings. The van der Waals surface area contributed by atoms with E-state index in [1.165, 1.54) is 0 Å². The molecule has 0 spiro atoms. The van der Waals surface area contributed by atoms with Crippen LogP contribution in [0.4, 0.5) is 0 Å². The summed E-state index contributed by atoms with van der Waals surface area (Å²) in [5.74, 6) is 1.73. The molecule has 0 bridgehead atoms. The van der Waals surface area contributed by atoms with E-state index in [4.69, 9.17) is 9.47 Å². The largest absolute Gasteiger partial charge is 0.497 e. The molecule has 0 saturated heterocycles. The van der Waals surface area contributed by atoms with Gasteiger partial charge in [-0.15, -0.1) is 0 Å². The molecule has 0 aliphatic heterocycles. The fraction of sp³-hybridized carbons (Fsp3) is 0.292. The van der Waals surface area contributed by atoms with Crippen LogP contribution in [0.5, 0.6) is 11.5 Å². The zero-order valence-corrected chi connectivity index (χ0v) is 17.7. The van der Waals surface area contributed by atoms with Crippen LogP contribution < -0.4 is 14.8 Å². The molecule has 1 N–H and O–H groups in total. The van der Waals surface area contributed by atoms with Crippen molar-refractivity contribution in [3.05, 3.63) is 65.9 Å². The van der Waals surface area contributed by atoms with Crippen molar-refractivity contribution in [2.75, 3.05) is 20.8 Å². The summed E-state index contributed by atoms with van der Waals surface area (Å²) in [5, 5.41) is 3.03. The molecule has 0 radical (unpaired) electrons. The van der Waals surface area contributed by atoms with Gasteiger partial charge in [0.15, 0.2) is 0 Å². The highest BCUT2D eigenvalue weighted by Gasteiger charge is 2.22. The average Bonchev–Trinajstić information content (AvgIpc) is 3.09. The summed E-state index contributed by atoms with van der Waals surface area (Å²) in [7, 11) is 3.28. The third-order valence-electron chi connectivity index (χ3n) is 4.86. The predicted molar refractivity (Wildman–Crippen MR) is 116 cm³/mol. The lowest BCUT2D eigenvalue weighted by atomic mass is 10.1. The second-order valence-corrected chi connectivity index (χ2v) is 7.37. The first-order valence-electron chi connectivity index (χ1n) is 9.74. The van der Waals surface area contributed by atoms with E-state index in [2.05, 4.69) is 23.7 Å². The Hall–Kier alpha value is -3.21. The quantitative estimate of drug-likeness (QED) is 0.625. The highest BCUT2D eigenvalue weighted by molar-refractivity contribution is 5.97. The van der Waals surface area contributed by atoms with E-state index < -0.39 is 0 Å². The molecule has 3 aromatic rings. The van der Waals surface area contributed by atoms with Crippen molar-refractivity contribution in [1.29, 1.82) is 0 Å². The van der Waals surface area contributed by atoms with Crippen LogP contribution in [0, 0.1) is 12.8 Å². The van der Waals surface area contributed by atoms with Gasteiger partial charge in [-0.3, -0.25) is 4.79 Å². The number of hydrogen-bond acceptors (Lipinski definition) is 3. The van der Waals surface area contributed by atoms with Gasteiger partial charge in [-0.25, -0.2) is 0 Å². The van der Waals surface area contributed by atoms with E-state index in [1.807, 2.05) is 61.5 Å². The van der Waals surface area contributed by atoms with Gasteiger partial charge in [0.05, 0.1) is 31.2 Å². The first kappa shape index (κ1) is 20.5. The minimum absolute atomic E-state index is 0.0750. The third kappa shape index (κ3) is 4.29. The Bertz CT molecular complexity index is 991. The second-order valence-electron chi connectivity index (χ2n) is 7.37. The first-order chi connectivity index (χ1) is 14.0. The highest BCUT2D eigenvalue weighted by Crippen LogP contribution is 2.35. The van der Waals surface area contributed by atoms with Crippen LogP contribution in [0.25, 0.3) is 16.9 Å². The topological polar surface area (TPSA) is 52.5 Å². The Labute approximate surface area is 172 Å². The summed E-state index contributed by atoms with van der Waals surface area (Å²) in [4.78, 5) is 12.9. The Kier molecular flexibility index (Phi) is 6.27. The molecule has 0 unspecified atom stereocenters. The van der Waals surface area contributed by atoms with E-state index in [9.17, 15) is 4.79 Å². The van der Waals surface area contributed by atoms with Gasteiger partial charge in [-0.1, -0.05) is 44.2 Å². The number of carbonyl (C=O) groups is 1. The van der Waals surface area contributed by atoms with Gasteiger partial charge >= 0.3 is 0 Å². The molecule has 1 amide bonds. The van der Waals surface area contributed by atoms with Crippen molar-refractivity contribution in [2.45, 2.75) is 20.8 Å².